The van der Waals surface area contributed by atoms with Crippen LogP contribution in [0.5, 0.6) is 0 Å². The molecule has 1 aromatic carbocycles. The molecular weight excluding hydrogens is 496 g/mol. The van der Waals surface area contributed by atoms with Crippen LogP contribution in [0.1, 0.15) is 51.2 Å². The molecule has 0 saturated carbocycles. The number of aromatic nitrogens is 6. The highest BCUT2D eigenvalue weighted by Crippen LogP contribution is 2.37. The summed E-state index contributed by atoms with van der Waals surface area (Å²) in [4.78, 5) is 36.7. The number of carbonyl (C=O) groups is 1. The molecule has 1 unspecified atom stereocenters. The third-order valence-electron chi connectivity index (χ3n) is 8.00. The summed E-state index contributed by atoms with van der Waals surface area (Å²) in [6, 6.07) is 8.09. The SMILES string of the molecule is COC1(c2nc3c(N4CCOCC4)nc(-n4c(C(C)C)nc5ccccc54)nc3n2C)CCCN(C(C)=O)C1. The third kappa shape index (κ3) is 4.24. The van der Waals surface area contributed by atoms with Crippen LogP contribution >= 0.6 is 0 Å². The number of piperidine rings is 1. The van der Waals surface area contributed by atoms with Gasteiger partial charge in [0.05, 0.1) is 30.8 Å². The molecule has 6 rings (SSSR count). The van der Waals surface area contributed by atoms with Gasteiger partial charge in [-0.2, -0.15) is 9.97 Å². The molecule has 1 atom stereocenters. The Hall–Kier alpha value is -3.57. The van der Waals surface area contributed by atoms with E-state index in [1.165, 1.54) is 0 Å². The summed E-state index contributed by atoms with van der Waals surface area (Å²) in [5.74, 6) is 3.21. The Balaban J connectivity index is 1.60. The molecular formula is C28H36N8O3. The average molecular weight is 533 g/mol. The van der Waals surface area contributed by atoms with Crippen molar-refractivity contribution in [3.63, 3.8) is 0 Å². The standard InChI is InChI=1S/C28H36N8O3/c1-18(2)23-29-20-9-6-7-10-21(20)36(23)27-31-24-22(25(32-27)34-13-15-39-16-14-34)30-26(33(24)4)28(38-5)11-8-12-35(17-28)19(3)37/h6-7,9-10,18H,8,11-17H2,1-5H3. The zero-order valence-electron chi connectivity index (χ0n) is 23.3. The van der Waals surface area contributed by atoms with Gasteiger partial charge in [-0.15, -0.1) is 0 Å². The van der Waals surface area contributed by atoms with Crippen LogP contribution in [0.25, 0.3) is 28.1 Å². The average Bonchev–Trinajstić information content (AvgIpc) is 3.51. The van der Waals surface area contributed by atoms with E-state index in [1.54, 1.807) is 14.0 Å². The smallest absolute Gasteiger partial charge is 0.239 e. The fourth-order valence-electron chi connectivity index (χ4n) is 5.91. The number of imidazole rings is 2. The Labute approximate surface area is 227 Å². The molecule has 0 bridgehead atoms. The zero-order valence-corrected chi connectivity index (χ0v) is 23.3. The molecule has 2 aliphatic heterocycles. The predicted molar refractivity (Wildman–Crippen MR) is 148 cm³/mol. The van der Waals surface area contributed by atoms with Crippen LogP contribution in [0.15, 0.2) is 24.3 Å². The lowest BCUT2D eigenvalue weighted by molar-refractivity contribution is -0.139. The van der Waals surface area contributed by atoms with Gasteiger partial charge in [0.25, 0.3) is 0 Å². The molecule has 1 amide bonds. The van der Waals surface area contributed by atoms with E-state index in [9.17, 15) is 4.79 Å². The minimum atomic E-state index is -0.730. The van der Waals surface area contributed by atoms with Crippen LogP contribution in [0.4, 0.5) is 5.82 Å². The van der Waals surface area contributed by atoms with Crippen molar-refractivity contribution in [3.8, 4) is 5.95 Å². The number of para-hydroxylation sites is 2. The minimum Gasteiger partial charge on any atom is -0.378 e. The first-order chi connectivity index (χ1) is 18.8. The van der Waals surface area contributed by atoms with Gasteiger partial charge in [-0.05, 0) is 25.0 Å². The molecule has 0 aliphatic carbocycles. The van der Waals surface area contributed by atoms with Gasteiger partial charge in [-0.3, -0.25) is 9.36 Å². The van der Waals surface area contributed by atoms with Gasteiger partial charge in [0.1, 0.15) is 17.2 Å². The molecule has 206 valence electrons. The van der Waals surface area contributed by atoms with E-state index < -0.39 is 5.60 Å². The number of rotatable bonds is 5. The molecule has 3 aromatic heterocycles. The second-order valence-corrected chi connectivity index (χ2v) is 10.8. The predicted octanol–water partition coefficient (Wildman–Crippen LogP) is 3.15. The molecule has 2 saturated heterocycles. The maximum absolute atomic E-state index is 12.3. The van der Waals surface area contributed by atoms with Crippen LogP contribution in [-0.2, 0) is 26.9 Å². The number of morpholine rings is 1. The fourth-order valence-corrected chi connectivity index (χ4v) is 5.91. The number of carbonyl (C=O) groups excluding carboxylic acids is 1. The van der Waals surface area contributed by atoms with E-state index in [2.05, 4.69) is 29.4 Å². The van der Waals surface area contributed by atoms with E-state index in [4.69, 9.17) is 29.4 Å². The van der Waals surface area contributed by atoms with E-state index in [0.29, 0.717) is 38.8 Å². The summed E-state index contributed by atoms with van der Waals surface area (Å²) in [6.45, 7) is 9.73. The highest BCUT2D eigenvalue weighted by molar-refractivity contribution is 5.86. The van der Waals surface area contributed by atoms with Gasteiger partial charge < -0.3 is 23.8 Å². The second kappa shape index (κ2) is 9.87. The van der Waals surface area contributed by atoms with E-state index in [0.717, 1.165) is 59.1 Å². The number of hydrogen-bond acceptors (Lipinski definition) is 8. The summed E-state index contributed by atoms with van der Waals surface area (Å²) in [7, 11) is 3.68. The summed E-state index contributed by atoms with van der Waals surface area (Å²) in [5.41, 5.74) is 2.60. The lowest BCUT2D eigenvalue weighted by Gasteiger charge is -2.40. The molecule has 0 N–H and O–H groups in total. The Morgan fingerprint density at radius 3 is 2.56 bits per heavy atom. The molecule has 0 radical (unpaired) electrons. The maximum atomic E-state index is 12.3. The van der Waals surface area contributed by atoms with Crippen molar-refractivity contribution in [1.82, 2.24) is 34.0 Å². The van der Waals surface area contributed by atoms with E-state index in [-0.39, 0.29) is 11.8 Å². The second-order valence-electron chi connectivity index (χ2n) is 10.8. The zero-order chi connectivity index (χ0) is 27.3. The number of fused-ring (bicyclic) bond motifs is 2. The number of nitrogens with zero attached hydrogens (tertiary/aromatic N) is 8. The number of benzene rings is 1. The molecule has 2 aliphatic rings. The Morgan fingerprint density at radius 1 is 1.08 bits per heavy atom. The first-order valence-corrected chi connectivity index (χ1v) is 13.7. The van der Waals surface area contributed by atoms with Crippen LogP contribution in [0, 0.1) is 0 Å². The Morgan fingerprint density at radius 2 is 1.85 bits per heavy atom. The highest BCUT2D eigenvalue weighted by atomic mass is 16.5. The number of hydrogen-bond donors (Lipinski definition) is 0. The van der Waals surface area contributed by atoms with E-state index >= 15 is 0 Å². The first kappa shape index (κ1) is 25.7. The van der Waals surface area contributed by atoms with Crippen LogP contribution in [0.3, 0.4) is 0 Å². The summed E-state index contributed by atoms with van der Waals surface area (Å²) in [6.07, 6.45) is 1.60. The molecule has 0 spiro atoms. The van der Waals surface area contributed by atoms with Gasteiger partial charge in [0.15, 0.2) is 17.0 Å². The third-order valence-corrected chi connectivity index (χ3v) is 8.00. The molecule has 5 heterocycles. The topological polar surface area (TPSA) is 103 Å². The minimum absolute atomic E-state index is 0.0409. The number of aryl methyl sites for hydroxylation is 1. The van der Waals surface area contributed by atoms with Crippen molar-refractivity contribution < 1.29 is 14.3 Å². The molecule has 2 fully saturated rings. The largest absolute Gasteiger partial charge is 0.378 e. The number of ether oxygens (including phenoxy) is 2. The van der Waals surface area contributed by atoms with Crippen LogP contribution in [0.2, 0.25) is 0 Å². The summed E-state index contributed by atoms with van der Waals surface area (Å²) >= 11 is 0. The Kier molecular flexibility index (Phi) is 6.50. The van der Waals surface area contributed by atoms with Crippen molar-refractivity contribution in [1.29, 1.82) is 0 Å². The van der Waals surface area contributed by atoms with Crippen LogP contribution in [-0.4, -0.2) is 86.4 Å². The fraction of sp³-hybridized carbons (Fsp3) is 0.536. The Bertz CT molecular complexity index is 1540. The molecule has 11 heteroatoms. The van der Waals surface area contributed by atoms with Crippen molar-refractivity contribution in [3.05, 3.63) is 35.9 Å². The van der Waals surface area contributed by atoms with Gasteiger partial charge in [0, 0.05) is 46.6 Å². The first-order valence-electron chi connectivity index (χ1n) is 13.7. The number of anilines is 1. The molecule has 39 heavy (non-hydrogen) atoms. The molecule has 4 aromatic rings. The van der Waals surface area contributed by atoms with Crippen molar-refractivity contribution in [2.75, 3.05) is 51.4 Å². The summed E-state index contributed by atoms with van der Waals surface area (Å²) < 4.78 is 15.9. The summed E-state index contributed by atoms with van der Waals surface area (Å²) in [5, 5.41) is 0. The van der Waals surface area contributed by atoms with Gasteiger partial charge in [0.2, 0.25) is 11.9 Å². The number of amides is 1. The van der Waals surface area contributed by atoms with Gasteiger partial charge in [-0.1, -0.05) is 26.0 Å². The lowest BCUT2D eigenvalue weighted by atomic mass is 9.91. The number of methoxy groups -OCH3 is 1. The van der Waals surface area contributed by atoms with Gasteiger partial charge in [-0.25, -0.2) is 9.97 Å². The van der Waals surface area contributed by atoms with E-state index in [1.807, 2.05) is 34.7 Å². The quantitative estimate of drug-likeness (QED) is 0.386. The monoisotopic (exact) mass is 532 g/mol. The lowest BCUT2D eigenvalue weighted by Crippen LogP contribution is -2.50. The van der Waals surface area contributed by atoms with Crippen molar-refractivity contribution in [2.24, 2.45) is 7.05 Å². The van der Waals surface area contributed by atoms with Crippen molar-refractivity contribution >= 4 is 33.9 Å². The van der Waals surface area contributed by atoms with Crippen LogP contribution < -0.4 is 4.90 Å². The maximum Gasteiger partial charge on any atom is 0.239 e. The normalized spacial score (nSPS) is 20.5. The number of likely N-dealkylation sites (tertiary alicyclic amines) is 1. The molecule has 11 nitrogen and oxygen atoms in total. The van der Waals surface area contributed by atoms with Crippen molar-refractivity contribution in [2.45, 2.75) is 45.1 Å². The van der Waals surface area contributed by atoms with Gasteiger partial charge >= 0.3 is 0 Å². The highest BCUT2D eigenvalue weighted by Gasteiger charge is 2.42.